The monoisotopic (exact) mass is 296 g/mol. The van der Waals surface area contributed by atoms with Gasteiger partial charge in [-0.1, -0.05) is 26.7 Å². The first kappa shape index (κ1) is 16.8. The van der Waals surface area contributed by atoms with E-state index in [-0.39, 0.29) is 11.3 Å². The molecule has 0 aromatic rings. The van der Waals surface area contributed by atoms with Gasteiger partial charge in [0.05, 0.1) is 11.0 Å². The van der Waals surface area contributed by atoms with E-state index >= 15 is 0 Å². The summed E-state index contributed by atoms with van der Waals surface area (Å²) in [5.41, 5.74) is -0.924. The minimum atomic E-state index is -0.680. The summed E-state index contributed by atoms with van der Waals surface area (Å²) in [4.78, 5) is 12.6. The van der Waals surface area contributed by atoms with E-state index in [1.807, 2.05) is 0 Å². The van der Waals surface area contributed by atoms with Crippen molar-refractivity contribution in [3.8, 4) is 0 Å². The van der Waals surface area contributed by atoms with Gasteiger partial charge in [-0.15, -0.1) is 0 Å². The van der Waals surface area contributed by atoms with Crippen LogP contribution in [0.25, 0.3) is 0 Å². The Kier molecular flexibility index (Phi) is 5.67. The molecular weight excluding hydrogens is 264 g/mol. The predicted molar refractivity (Wildman–Crippen MR) is 85.0 cm³/mol. The molecule has 4 heteroatoms. The van der Waals surface area contributed by atoms with Gasteiger partial charge < -0.3 is 15.7 Å². The molecule has 1 atom stereocenters. The molecule has 21 heavy (non-hydrogen) atoms. The highest BCUT2D eigenvalue weighted by Crippen LogP contribution is 2.34. The Bertz CT molecular complexity index is 343. The average Bonchev–Trinajstić information content (AvgIpc) is 2.96. The van der Waals surface area contributed by atoms with Gasteiger partial charge in [0.1, 0.15) is 0 Å². The van der Waals surface area contributed by atoms with Gasteiger partial charge in [0.2, 0.25) is 5.91 Å². The Morgan fingerprint density at radius 2 is 2.00 bits per heavy atom. The molecule has 122 valence electrons. The van der Waals surface area contributed by atoms with Crippen LogP contribution >= 0.6 is 0 Å². The van der Waals surface area contributed by atoms with Crippen LogP contribution in [0, 0.1) is 11.3 Å². The van der Waals surface area contributed by atoms with Crippen molar-refractivity contribution in [3.05, 3.63) is 0 Å². The van der Waals surface area contributed by atoms with E-state index in [9.17, 15) is 9.90 Å². The largest absolute Gasteiger partial charge is 0.388 e. The van der Waals surface area contributed by atoms with Crippen molar-refractivity contribution >= 4 is 5.91 Å². The second-order valence-electron chi connectivity index (χ2n) is 7.22. The first-order chi connectivity index (χ1) is 10.0. The van der Waals surface area contributed by atoms with E-state index in [2.05, 4.69) is 24.5 Å². The second-order valence-corrected chi connectivity index (χ2v) is 7.22. The normalized spacial score (nSPS) is 36.6. The quantitative estimate of drug-likeness (QED) is 0.704. The van der Waals surface area contributed by atoms with Crippen molar-refractivity contribution in [2.24, 2.45) is 11.3 Å². The molecule has 1 amide bonds. The topological polar surface area (TPSA) is 61.4 Å². The molecule has 0 aromatic carbocycles. The summed E-state index contributed by atoms with van der Waals surface area (Å²) in [5.74, 6) is 0.895. The Labute approximate surface area is 129 Å². The summed E-state index contributed by atoms with van der Waals surface area (Å²) in [7, 11) is 0. The van der Waals surface area contributed by atoms with Crippen molar-refractivity contribution in [2.75, 3.05) is 19.6 Å². The lowest BCUT2D eigenvalue weighted by Gasteiger charge is -2.37. The molecular formula is C17H32N2O2. The van der Waals surface area contributed by atoms with Crippen LogP contribution in [0.15, 0.2) is 0 Å². The van der Waals surface area contributed by atoms with Crippen LogP contribution in [-0.2, 0) is 4.79 Å². The van der Waals surface area contributed by atoms with Gasteiger partial charge in [0.25, 0.3) is 0 Å². The molecule has 2 rings (SSSR count). The summed E-state index contributed by atoms with van der Waals surface area (Å²) in [6, 6.07) is 0. The van der Waals surface area contributed by atoms with Gasteiger partial charge in [-0.05, 0) is 51.0 Å². The Morgan fingerprint density at radius 3 is 2.52 bits per heavy atom. The van der Waals surface area contributed by atoms with Gasteiger partial charge in [-0.25, -0.2) is 0 Å². The number of hydrogen-bond acceptors (Lipinski definition) is 3. The zero-order chi connectivity index (χ0) is 15.3. The molecule has 0 bridgehead atoms. The summed E-state index contributed by atoms with van der Waals surface area (Å²) in [5, 5.41) is 17.0. The zero-order valence-corrected chi connectivity index (χ0v) is 13.7. The molecule has 3 N–H and O–H groups in total. The number of amides is 1. The molecule has 1 aliphatic heterocycles. The first-order valence-corrected chi connectivity index (χ1v) is 8.75. The maximum absolute atomic E-state index is 12.6. The fourth-order valence-electron chi connectivity index (χ4n) is 3.98. The lowest BCUT2D eigenvalue weighted by atomic mass is 9.77. The Balaban J connectivity index is 1.85. The van der Waals surface area contributed by atoms with E-state index in [4.69, 9.17) is 0 Å². The molecule has 2 aliphatic rings. The number of nitrogens with one attached hydrogen (secondary N) is 2. The van der Waals surface area contributed by atoms with Crippen molar-refractivity contribution < 1.29 is 9.90 Å². The maximum Gasteiger partial charge on any atom is 0.227 e. The zero-order valence-electron chi connectivity index (χ0n) is 13.7. The van der Waals surface area contributed by atoms with Crippen molar-refractivity contribution in [3.63, 3.8) is 0 Å². The third kappa shape index (κ3) is 3.98. The fourth-order valence-corrected chi connectivity index (χ4v) is 3.98. The predicted octanol–water partition coefficient (Wildman–Crippen LogP) is 2.21. The molecule has 0 radical (unpaired) electrons. The molecule has 1 unspecified atom stereocenters. The van der Waals surface area contributed by atoms with Gasteiger partial charge in [0, 0.05) is 13.1 Å². The number of carbonyl (C=O) groups is 1. The van der Waals surface area contributed by atoms with Crippen LogP contribution < -0.4 is 10.6 Å². The molecule has 0 aromatic heterocycles. The SMILES string of the molecule is CCCC1(C(=O)NCC2(O)CCC(CC)CC2)CCNC1. The Morgan fingerprint density at radius 1 is 1.29 bits per heavy atom. The molecule has 1 heterocycles. The van der Waals surface area contributed by atoms with Gasteiger partial charge >= 0.3 is 0 Å². The summed E-state index contributed by atoms with van der Waals surface area (Å²) < 4.78 is 0. The first-order valence-electron chi connectivity index (χ1n) is 8.75. The van der Waals surface area contributed by atoms with Crippen LogP contribution in [0.2, 0.25) is 0 Å². The van der Waals surface area contributed by atoms with Crippen molar-refractivity contribution in [2.45, 2.75) is 70.8 Å². The molecule has 1 saturated heterocycles. The molecule has 4 nitrogen and oxygen atoms in total. The second kappa shape index (κ2) is 7.10. The van der Waals surface area contributed by atoms with Crippen molar-refractivity contribution in [1.29, 1.82) is 0 Å². The number of rotatable bonds is 6. The van der Waals surface area contributed by atoms with Crippen LogP contribution in [-0.4, -0.2) is 36.2 Å². The minimum Gasteiger partial charge on any atom is -0.388 e. The molecule has 2 fully saturated rings. The smallest absolute Gasteiger partial charge is 0.227 e. The van der Waals surface area contributed by atoms with E-state index in [1.165, 1.54) is 6.42 Å². The standard InChI is InChI=1S/C17H32N2O2/c1-3-7-16(10-11-18-12-16)15(20)19-13-17(21)8-5-14(4-2)6-9-17/h14,18,21H,3-13H2,1-2H3,(H,19,20). The highest BCUT2D eigenvalue weighted by Gasteiger charge is 2.41. The summed E-state index contributed by atoms with van der Waals surface area (Å²) >= 11 is 0. The van der Waals surface area contributed by atoms with Crippen LogP contribution in [0.4, 0.5) is 0 Å². The third-order valence-corrected chi connectivity index (χ3v) is 5.65. The highest BCUT2D eigenvalue weighted by atomic mass is 16.3. The van der Waals surface area contributed by atoms with E-state index in [1.54, 1.807) is 0 Å². The van der Waals surface area contributed by atoms with E-state index < -0.39 is 5.60 Å². The fraction of sp³-hybridized carbons (Fsp3) is 0.941. The van der Waals surface area contributed by atoms with Crippen molar-refractivity contribution in [1.82, 2.24) is 10.6 Å². The minimum absolute atomic E-state index is 0.139. The van der Waals surface area contributed by atoms with E-state index in [0.29, 0.717) is 6.54 Å². The summed E-state index contributed by atoms with van der Waals surface area (Å²) in [6.07, 6.45) is 7.90. The van der Waals surface area contributed by atoms with Gasteiger partial charge in [0.15, 0.2) is 0 Å². The number of hydrogen-bond donors (Lipinski definition) is 3. The number of aliphatic hydroxyl groups is 1. The highest BCUT2D eigenvalue weighted by molar-refractivity contribution is 5.83. The van der Waals surface area contributed by atoms with Crippen LogP contribution in [0.1, 0.15) is 65.2 Å². The Hall–Kier alpha value is -0.610. The van der Waals surface area contributed by atoms with E-state index in [0.717, 1.165) is 64.0 Å². The van der Waals surface area contributed by atoms with Gasteiger partial charge in [-0.2, -0.15) is 0 Å². The lowest BCUT2D eigenvalue weighted by Crippen LogP contribution is -2.50. The lowest BCUT2D eigenvalue weighted by molar-refractivity contribution is -0.132. The molecule has 0 spiro atoms. The number of carbonyl (C=O) groups excluding carboxylic acids is 1. The van der Waals surface area contributed by atoms with Crippen LogP contribution in [0.5, 0.6) is 0 Å². The van der Waals surface area contributed by atoms with Crippen LogP contribution in [0.3, 0.4) is 0 Å². The molecule has 1 aliphatic carbocycles. The maximum atomic E-state index is 12.6. The van der Waals surface area contributed by atoms with Gasteiger partial charge in [-0.3, -0.25) is 4.79 Å². The average molecular weight is 296 g/mol. The summed E-state index contributed by atoms with van der Waals surface area (Å²) in [6.45, 7) is 6.48. The molecule has 1 saturated carbocycles. The third-order valence-electron chi connectivity index (χ3n) is 5.65.